The number of rotatable bonds is 8. The van der Waals surface area contributed by atoms with Crippen molar-refractivity contribution in [2.24, 2.45) is 0 Å². The number of ether oxygens (including phenoxy) is 2. The van der Waals surface area contributed by atoms with Crippen LogP contribution in [0.5, 0.6) is 11.5 Å². The normalized spacial score (nSPS) is 11.7. The average molecular weight is 375 g/mol. The highest BCUT2D eigenvalue weighted by Gasteiger charge is 2.16. The molecule has 1 unspecified atom stereocenters. The lowest BCUT2D eigenvalue weighted by molar-refractivity contribution is 0.0752. The van der Waals surface area contributed by atoms with E-state index in [9.17, 15) is 9.00 Å². The van der Waals surface area contributed by atoms with Gasteiger partial charge in [0, 0.05) is 41.5 Å². The van der Waals surface area contributed by atoms with Gasteiger partial charge in [-0.25, -0.2) is 0 Å². The van der Waals surface area contributed by atoms with E-state index in [1.54, 1.807) is 31.4 Å². The summed E-state index contributed by atoms with van der Waals surface area (Å²) >= 11 is 0. The predicted molar refractivity (Wildman–Crippen MR) is 104 cm³/mol. The summed E-state index contributed by atoms with van der Waals surface area (Å²) in [4.78, 5) is 14.7. The topological polar surface area (TPSA) is 55.8 Å². The first-order chi connectivity index (χ1) is 12.5. The van der Waals surface area contributed by atoms with Crippen LogP contribution in [0, 0.1) is 0 Å². The zero-order valence-electron chi connectivity index (χ0n) is 15.7. The Hall–Kier alpha value is -2.34. The van der Waals surface area contributed by atoms with Gasteiger partial charge < -0.3 is 14.4 Å². The zero-order valence-corrected chi connectivity index (χ0v) is 16.5. The molecule has 26 heavy (non-hydrogen) atoms. The van der Waals surface area contributed by atoms with E-state index in [0.717, 1.165) is 11.1 Å². The van der Waals surface area contributed by atoms with Gasteiger partial charge in [-0.1, -0.05) is 18.2 Å². The van der Waals surface area contributed by atoms with Gasteiger partial charge in [-0.3, -0.25) is 9.00 Å². The summed E-state index contributed by atoms with van der Waals surface area (Å²) in [5, 5.41) is 0. The number of carbonyl (C=O) groups is 1. The van der Waals surface area contributed by atoms with Crippen LogP contribution in [0.2, 0.25) is 0 Å². The van der Waals surface area contributed by atoms with Crippen LogP contribution in [0.1, 0.15) is 28.4 Å². The van der Waals surface area contributed by atoms with Gasteiger partial charge in [-0.2, -0.15) is 0 Å². The molecule has 1 atom stereocenters. The van der Waals surface area contributed by atoms with Crippen molar-refractivity contribution in [2.45, 2.75) is 19.2 Å². The van der Waals surface area contributed by atoms with Gasteiger partial charge in [-0.05, 0) is 42.3 Å². The summed E-state index contributed by atoms with van der Waals surface area (Å²) in [6, 6.07) is 13.0. The molecule has 6 heteroatoms. The van der Waals surface area contributed by atoms with Crippen molar-refractivity contribution in [3.05, 3.63) is 59.2 Å². The third-order valence-corrected chi connectivity index (χ3v) is 4.77. The van der Waals surface area contributed by atoms with E-state index < -0.39 is 10.8 Å². The van der Waals surface area contributed by atoms with Gasteiger partial charge in [0.25, 0.3) is 5.91 Å². The van der Waals surface area contributed by atoms with Crippen LogP contribution in [0.3, 0.4) is 0 Å². The smallest absolute Gasteiger partial charge is 0.254 e. The van der Waals surface area contributed by atoms with E-state index >= 15 is 0 Å². The van der Waals surface area contributed by atoms with Crippen LogP contribution in [-0.2, 0) is 23.1 Å². The number of hydrogen-bond donors (Lipinski definition) is 0. The summed E-state index contributed by atoms with van der Waals surface area (Å²) in [5.74, 6) is 1.70. The molecule has 0 bridgehead atoms. The molecular weight excluding hydrogens is 350 g/mol. The Bertz CT molecular complexity index is 791. The molecule has 0 heterocycles. The minimum Gasteiger partial charge on any atom is -0.493 e. The Kier molecular flexibility index (Phi) is 7.21. The van der Waals surface area contributed by atoms with Crippen LogP contribution in [0.15, 0.2) is 42.5 Å². The number of hydrogen-bond acceptors (Lipinski definition) is 4. The highest BCUT2D eigenvalue weighted by Crippen LogP contribution is 2.28. The fraction of sp³-hybridized carbons (Fsp3) is 0.350. The Morgan fingerprint density at radius 3 is 2.38 bits per heavy atom. The van der Waals surface area contributed by atoms with Gasteiger partial charge in [0.05, 0.1) is 14.2 Å². The van der Waals surface area contributed by atoms with Gasteiger partial charge in [0.2, 0.25) is 0 Å². The maximum atomic E-state index is 12.9. The molecule has 0 saturated carbocycles. The molecule has 0 aliphatic carbocycles. The Morgan fingerprint density at radius 1 is 1.04 bits per heavy atom. The second kappa shape index (κ2) is 9.38. The number of carbonyl (C=O) groups excluding carboxylic acids is 1. The van der Waals surface area contributed by atoms with E-state index in [1.807, 2.05) is 43.3 Å². The van der Waals surface area contributed by atoms with Crippen molar-refractivity contribution in [2.75, 3.05) is 27.0 Å². The lowest BCUT2D eigenvalue weighted by Gasteiger charge is -2.22. The lowest BCUT2D eigenvalue weighted by Crippen LogP contribution is -2.30. The summed E-state index contributed by atoms with van der Waals surface area (Å²) in [6.07, 6.45) is 1.66. The van der Waals surface area contributed by atoms with E-state index in [-0.39, 0.29) is 5.91 Å². The molecule has 140 valence electrons. The van der Waals surface area contributed by atoms with Crippen molar-refractivity contribution in [1.82, 2.24) is 4.90 Å². The summed E-state index contributed by atoms with van der Waals surface area (Å²) < 4.78 is 22.0. The molecule has 0 spiro atoms. The second-order valence-corrected chi connectivity index (χ2v) is 7.36. The molecule has 2 rings (SSSR count). The Balaban J connectivity index is 2.20. The highest BCUT2D eigenvalue weighted by molar-refractivity contribution is 7.83. The summed E-state index contributed by atoms with van der Waals surface area (Å²) in [5.41, 5.74) is 2.47. The van der Waals surface area contributed by atoms with Crippen LogP contribution in [0.4, 0.5) is 0 Å². The molecule has 0 radical (unpaired) electrons. The standard InChI is InChI=1S/C20H25NO4S/c1-5-21(13-15-9-10-18(24-2)19(12-15)25-3)20(22)17-8-6-7-16(11-17)14-26(4)23/h6-12H,5,13-14H2,1-4H3. The van der Waals surface area contributed by atoms with Crippen LogP contribution in [-0.4, -0.2) is 42.0 Å². The van der Waals surface area contributed by atoms with Crippen molar-refractivity contribution in [3.8, 4) is 11.5 Å². The predicted octanol–water partition coefficient (Wildman–Crippen LogP) is 3.24. The summed E-state index contributed by atoms with van der Waals surface area (Å²) in [6.45, 7) is 3.00. The number of nitrogens with zero attached hydrogens (tertiary/aromatic N) is 1. The minimum atomic E-state index is -0.940. The first-order valence-corrected chi connectivity index (χ1v) is 10.1. The number of methoxy groups -OCH3 is 2. The van der Waals surface area contributed by atoms with Crippen LogP contribution >= 0.6 is 0 Å². The zero-order chi connectivity index (χ0) is 19.1. The molecule has 5 nitrogen and oxygen atoms in total. The maximum Gasteiger partial charge on any atom is 0.254 e. The molecule has 0 aromatic heterocycles. The van der Waals surface area contributed by atoms with E-state index in [1.165, 1.54) is 0 Å². The molecular formula is C20H25NO4S. The molecule has 2 aromatic rings. The minimum absolute atomic E-state index is 0.0500. The second-order valence-electron chi connectivity index (χ2n) is 5.93. The van der Waals surface area contributed by atoms with E-state index in [0.29, 0.717) is 35.9 Å². The largest absolute Gasteiger partial charge is 0.493 e. The van der Waals surface area contributed by atoms with Crippen molar-refractivity contribution < 1.29 is 18.5 Å². The third kappa shape index (κ3) is 5.08. The Labute approximate surface area is 157 Å². The number of benzene rings is 2. The van der Waals surface area contributed by atoms with Crippen molar-refractivity contribution in [1.29, 1.82) is 0 Å². The third-order valence-electron chi connectivity index (χ3n) is 4.03. The van der Waals surface area contributed by atoms with Crippen LogP contribution < -0.4 is 9.47 Å². The molecule has 0 fully saturated rings. The molecule has 2 aromatic carbocycles. The monoisotopic (exact) mass is 375 g/mol. The van der Waals surface area contributed by atoms with Crippen molar-refractivity contribution >= 4 is 16.7 Å². The molecule has 0 saturated heterocycles. The van der Waals surface area contributed by atoms with E-state index in [2.05, 4.69) is 0 Å². The molecule has 0 aliphatic rings. The maximum absolute atomic E-state index is 12.9. The molecule has 0 N–H and O–H groups in total. The molecule has 1 amide bonds. The Morgan fingerprint density at radius 2 is 1.77 bits per heavy atom. The summed E-state index contributed by atoms with van der Waals surface area (Å²) in [7, 11) is 2.24. The first-order valence-electron chi connectivity index (χ1n) is 8.37. The fourth-order valence-corrected chi connectivity index (χ4v) is 3.39. The fourth-order valence-electron chi connectivity index (χ4n) is 2.74. The van der Waals surface area contributed by atoms with Gasteiger partial charge in [0.15, 0.2) is 11.5 Å². The van der Waals surface area contributed by atoms with Gasteiger partial charge in [-0.15, -0.1) is 0 Å². The average Bonchev–Trinajstić information content (AvgIpc) is 2.65. The SMILES string of the molecule is CCN(Cc1ccc(OC)c(OC)c1)C(=O)c1cccc(CS(C)=O)c1. The lowest BCUT2D eigenvalue weighted by atomic mass is 10.1. The quantitative estimate of drug-likeness (QED) is 0.711. The number of amides is 1. The van der Waals surface area contributed by atoms with E-state index in [4.69, 9.17) is 9.47 Å². The van der Waals surface area contributed by atoms with Gasteiger partial charge >= 0.3 is 0 Å². The first kappa shape index (κ1) is 20.0. The van der Waals surface area contributed by atoms with Crippen molar-refractivity contribution in [3.63, 3.8) is 0 Å². The molecule has 0 aliphatic heterocycles. The van der Waals surface area contributed by atoms with Crippen LogP contribution in [0.25, 0.3) is 0 Å². The van der Waals surface area contributed by atoms with Gasteiger partial charge in [0.1, 0.15) is 0 Å². The highest BCUT2D eigenvalue weighted by atomic mass is 32.2.